The predicted octanol–water partition coefficient (Wildman–Crippen LogP) is 2.53. The average Bonchev–Trinajstić information content (AvgIpc) is 2.61. The highest BCUT2D eigenvalue weighted by molar-refractivity contribution is 6.30. The lowest BCUT2D eigenvalue weighted by Crippen LogP contribution is -2.16. The van der Waals surface area contributed by atoms with Crippen LogP contribution in [0.2, 0.25) is 5.02 Å². The summed E-state index contributed by atoms with van der Waals surface area (Å²) in [6.45, 7) is 1.95. The first-order chi connectivity index (χ1) is 8.54. The summed E-state index contributed by atoms with van der Waals surface area (Å²) in [5.41, 5.74) is 3.12. The van der Waals surface area contributed by atoms with Gasteiger partial charge in [-0.1, -0.05) is 23.7 Å². The molecule has 2 rings (SSSR count). The van der Waals surface area contributed by atoms with E-state index in [1.54, 1.807) is 0 Å². The maximum atomic E-state index is 10.1. The molecule has 0 saturated carbocycles. The zero-order valence-electron chi connectivity index (χ0n) is 10.6. The number of aromatic nitrogens is 2. The normalized spacial score (nSPS) is 12.7. The Morgan fingerprint density at radius 2 is 1.94 bits per heavy atom. The Kier molecular flexibility index (Phi) is 4.04. The quantitative estimate of drug-likeness (QED) is 0.922. The summed E-state index contributed by atoms with van der Waals surface area (Å²) in [6, 6.07) is 9.58. The first kappa shape index (κ1) is 13.1. The van der Waals surface area contributed by atoms with Crippen LogP contribution >= 0.6 is 11.6 Å². The molecule has 0 spiro atoms. The minimum atomic E-state index is -0.402. The number of benzene rings is 1. The lowest BCUT2D eigenvalue weighted by atomic mass is 10.0. The molecule has 0 bridgehead atoms. The van der Waals surface area contributed by atoms with E-state index in [4.69, 9.17) is 11.6 Å². The third kappa shape index (κ3) is 3.34. The molecule has 1 unspecified atom stereocenters. The highest BCUT2D eigenvalue weighted by Crippen LogP contribution is 2.13. The van der Waals surface area contributed by atoms with E-state index in [1.165, 1.54) is 0 Å². The standard InChI is InChI=1S/C14H17ClN2O/c1-10-7-13(17(2)16-10)9-14(18)8-11-3-5-12(15)6-4-11/h3-7,14,18H,8-9H2,1-2H3. The highest BCUT2D eigenvalue weighted by Gasteiger charge is 2.10. The van der Waals surface area contributed by atoms with Crippen LogP contribution in [0, 0.1) is 6.92 Å². The number of rotatable bonds is 4. The first-order valence-corrected chi connectivity index (χ1v) is 6.34. The van der Waals surface area contributed by atoms with Crippen LogP contribution in [0.1, 0.15) is 17.0 Å². The molecule has 0 radical (unpaired) electrons. The van der Waals surface area contributed by atoms with Crippen molar-refractivity contribution < 1.29 is 5.11 Å². The van der Waals surface area contributed by atoms with Gasteiger partial charge in [-0.05, 0) is 37.1 Å². The highest BCUT2D eigenvalue weighted by atomic mass is 35.5. The number of aliphatic hydroxyl groups excluding tert-OH is 1. The van der Waals surface area contributed by atoms with Gasteiger partial charge in [-0.2, -0.15) is 5.10 Å². The van der Waals surface area contributed by atoms with E-state index >= 15 is 0 Å². The van der Waals surface area contributed by atoms with Crippen LogP contribution < -0.4 is 0 Å². The molecule has 18 heavy (non-hydrogen) atoms. The molecule has 0 aliphatic carbocycles. The Hall–Kier alpha value is -1.32. The van der Waals surface area contributed by atoms with Gasteiger partial charge < -0.3 is 5.11 Å². The van der Waals surface area contributed by atoms with Crippen molar-refractivity contribution >= 4 is 11.6 Å². The lowest BCUT2D eigenvalue weighted by molar-refractivity contribution is 0.173. The van der Waals surface area contributed by atoms with E-state index in [0.717, 1.165) is 22.0 Å². The fourth-order valence-corrected chi connectivity index (χ4v) is 2.19. The van der Waals surface area contributed by atoms with E-state index in [0.29, 0.717) is 12.8 Å². The van der Waals surface area contributed by atoms with Crippen molar-refractivity contribution in [3.8, 4) is 0 Å². The Labute approximate surface area is 112 Å². The second-order valence-electron chi connectivity index (χ2n) is 4.59. The number of hydrogen-bond donors (Lipinski definition) is 1. The molecule has 0 aliphatic heterocycles. The van der Waals surface area contributed by atoms with Crippen LogP contribution in [-0.2, 0) is 19.9 Å². The minimum Gasteiger partial charge on any atom is -0.392 e. The molecule has 0 saturated heterocycles. The lowest BCUT2D eigenvalue weighted by Gasteiger charge is -2.10. The topological polar surface area (TPSA) is 38.0 Å². The van der Waals surface area contributed by atoms with Crippen molar-refractivity contribution in [2.45, 2.75) is 25.9 Å². The zero-order chi connectivity index (χ0) is 13.1. The van der Waals surface area contributed by atoms with Gasteiger partial charge in [0.1, 0.15) is 0 Å². The van der Waals surface area contributed by atoms with Crippen LogP contribution in [-0.4, -0.2) is 21.0 Å². The molecule has 1 N–H and O–H groups in total. The average molecular weight is 265 g/mol. The molecule has 96 valence electrons. The third-order valence-corrected chi connectivity index (χ3v) is 3.18. The minimum absolute atomic E-state index is 0.402. The van der Waals surface area contributed by atoms with Crippen molar-refractivity contribution in [2.24, 2.45) is 7.05 Å². The summed E-state index contributed by atoms with van der Waals surface area (Å²) >= 11 is 5.83. The molecule has 1 aromatic carbocycles. The van der Waals surface area contributed by atoms with Gasteiger partial charge >= 0.3 is 0 Å². The van der Waals surface area contributed by atoms with E-state index in [9.17, 15) is 5.11 Å². The molecule has 1 heterocycles. The van der Waals surface area contributed by atoms with Gasteiger partial charge in [-0.25, -0.2) is 0 Å². The second kappa shape index (κ2) is 5.55. The maximum absolute atomic E-state index is 10.1. The van der Waals surface area contributed by atoms with Gasteiger partial charge in [-0.15, -0.1) is 0 Å². The van der Waals surface area contributed by atoms with Gasteiger partial charge in [0.05, 0.1) is 11.8 Å². The number of aryl methyl sites for hydroxylation is 2. The van der Waals surface area contributed by atoms with E-state index in [2.05, 4.69) is 5.10 Å². The summed E-state index contributed by atoms with van der Waals surface area (Å²) in [5, 5.41) is 15.1. The number of hydrogen-bond acceptors (Lipinski definition) is 2. The Bertz CT molecular complexity index is 519. The molecule has 0 aliphatic rings. The van der Waals surface area contributed by atoms with Crippen LogP contribution in [0.3, 0.4) is 0 Å². The fraction of sp³-hybridized carbons (Fsp3) is 0.357. The molecule has 2 aromatic rings. The van der Waals surface area contributed by atoms with Crippen LogP contribution in [0.5, 0.6) is 0 Å². The molecule has 1 atom stereocenters. The fourth-order valence-electron chi connectivity index (χ4n) is 2.06. The molecular formula is C14H17ClN2O. The van der Waals surface area contributed by atoms with Gasteiger partial charge in [-0.3, -0.25) is 4.68 Å². The van der Waals surface area contributed by atoms with E-state index < -0.39 is 6.10 Å². The Morgan fingerprint density at radius 1 is 1.28 bits per heavy atom. The van der Waals surface area contributed by atoms with Gasteiger partial charge in [0.25, 0.3) is 0 Å². The number of aliphatic hydroxyl groups is 1. The van der Waals surface area contributed by atoms with Crippen molar-refractivity contribution in [3.63, 3.8) is 0 Å². The summed E-state index contributed by atoms with van der Waals surface area (Å²) in [7, 11) is 1.90. The molecule has 0 amide bonds. The Balaban J connectivity index is 1.98. The summed E-state index contributed by atoms with van der Waals surface area (Å²) in [4.78, 5) is 0. The Morgan fingerprint density at radius 3 is 2.50 bits per heavy atom. The van der Waals surface area contributed by atoms with Crippen LogP contribution in [0.4, 0.5) is 0 Å². The van der Waals surface area contributed by atoms with E-state index in [1.807, 2.05) is 49.0 Å². The molecule has 1 aromatic heterocycles. The van der Waals surface area contributed by atoms with E-state index in [-0.39, 0.29) is 0 Å². The van der Waals surface area contributed by atoms with Gasteiger partial charge in [0, 0.05) is 24.2 Å². The predicted molar refractivity (Wildman–Crippen MR) is 72.8 cm³/mol. The van der Waals surface area contributed by atoms with Gasteiger partial charge in [0.15, 0.2) is 0 Å². The van der Waals surface area contributed by atoms with Crippen LogP contribution in [0.25, 0.3) is 0 Å². The largest absolute Gasteiger partial charge is 0.392 e. The summed E-state index contributed by atoms with van der Waals surface area (Å²) < 4.78 is 1.82. The van der Waals surface area contributed by atoms with Crippen molar-refractivity contribution in [3.05, 3.63) is 52.3 Å². The van der Waals surface area contributed by atoms with Crippen molar-refractivity contribution in [2.75, 3.05) is 0 Å². The smallest absolute Gasteiger partial charge is 0.0635 e. The first-order valence-electron chi connectivity index (χ1n) is 5.96. The van der Waals surface area contributed by atoms with Crippen molar-refractivity contribution in [1.29, 1.82) is 0 Å². The number of halogens is 1. The summed E-state index contributed by atoms with van der Waals surface area (Å²) in [6.07, 6.45) is 0.836. The molecule has 4 heteroatoms. The molecule has 0 fully saturated rings. The second-order valence-corrected chi connectivity index (χ2v) is 5.03. The maximum Gasteiger partial charge on any atom is 0.0635 e. The molecular weight excluding hydrogens is 248 g/mol. The third-order valence-electron chi connectivity index (χ3n) is 2.93. The SMILES string of the molecule is Cc1cc(CC(O)Cc2ccc(Cl)cc2)n(C)n1. The zero-order valence-corrected chi connectivity index (χ0v) is 11.4. The monoisotopic (exact) mass is 264 g/mol. The number of nitrogens with zero attached hydrogens (tertiary/aromatic N) is 2. The van der Waals surface area contributed by atoms with Gasteiger partial charge in [0.2, 0.25) is 0 Å². The van der Waals surface area contributed by atoms with Crippen molar-refractivity contribution in [1.82, 2.24) is 9.78 Å². The summed E-state index contributed by atoms with van der Waals surface area (Å²) in [5.74, 6) is 0. The van der Waals surface area contributed by atoms with Crippen LogP contribution in [0.15, 0.2) is 30.3 Å². The molecule has 3 nitrogen and oxygen atoms in total.